The molecule has 1 aromatic heterocycles. The number of aldehydes is 1. The van der Waals surface area contributed by atoms with E-state index in [0.717, 1.165) is 6.42 Å². The summed E-state index contributed by atoms with van der Waals surface area (Å²) in [6.45, 7) is 2.65. The zero-order valence-electron chi connectivity index (χ0n) is 6.84. The lowest BCUT2D eigenvalue weighted by Crippen LogP contribution is -2.09. The van der Waals surface area contributed by atoms with Gasteiger partial charge < -0.3 is 9.90 Å². The second-order valence-electron chi connectivity index (χ2n) is 2.46. The Kier molecular flexibility index (Phi) is 2.93. The third-order valence-corrected chi connectivity index (χ3v) is 1.51. The molecule has 1 unspecified atom stereocenters. The Labute approximate surface area is 70.0 Å². The Bertz CT molecular complexity index is 259. The number of hydrogen-bond acceptors (Lipinski definition) is 4. The molecule has 0 fully saturated rings. The standard InChI is InChI=1S/C7H11N3O2/c1-2-3-10-6(4-8-9-10)7(12)5-11/h4-5,7,12H,2-3H2,1H3. The zero-order chi connectivity index (χ0) is 8.97. The van der Waals surface area contributed by atoms with E-state index in [1.807, 2.05) is 6.92 Å². The number of hydrogen-bond donors (Lipinski definition) is 1. The highest BCUT2D eigenvalue weighted by atomic mass is 16.3. The molecule has 0 aliphatic rings. The lowest BCUT2D eigenvalue weighted by Gasteiger charge is -2.04. The molecule has 0 aliphatic carbocycles. The molecule has 1 rings (SSSR count). The van der Waals surface area contributed by atoms with Gasteiger partial charge in [0, 0.05) is 6.54 Å². The fourth-order valence-electron chi connectivity index (χ4n) is 0.950. The van der Waals surface area contributed by atoms with Crippen molar-refractivity contribution >= 4 is 6.29 Å². The second kappa shape index (κ2) is 3.96. The van der Waals surface area contributed by atoms with E-state index in [1.165, 1.54) is 10.9 Å². The van der Waals surface area contributed by atoms with Crippen LogP contribution < -0.4 is 0 Å². The number of aryl methyl sites for hydroxylation is 1. The maximum absolute atomic E-state index is 10.2. The third kappa shape index (κ3) is 1.68. The van der Waals surface area contributed by atoms with Gasteiger partial charge in [0.2, 0.25) is 0 Å². The van der Waals surface area contributed by atoms with Gasteiger partial charge in [-0.2, -0.15) is 0 Å². The van der Waals surface area contributed by atoms with Crippen LogP contribution in [-0.2, 0) is 11.3 Å². The van der Waals surface area contributed by atoms with Crippen LogP contribution in [0.25, 0.3) is 0 Å². The van der Waals surface area contributed by atoms with Gasteiger partial charge in [-0.25, -0.2) is 4.68 Å². The topological polar surface area (TPSA) is 68.0 Å². The molecule has 66 valence electrons. The molecule has 0 saturated carbocycles. The lowest BCUT2D eigenvalue weighted by atomic mass is 10.3. The smallest absolute Gasteiger partial charge is 0.154 e. The zero-order valence-corrected chi connectivity index (χ0v) is 6.84. The molecule has 5 heteroatoms. The van der Waals surface area contributed by atoms with Crippen LogP contribution in [0.4, 0.5) is 0 Å². The average molecular weight is 169 g/mol. The predicted octanol–water partition coefficient (Wildman–Crippen LogP) is -0.0796. The number of nitrogens with zero attached hydrogens (tertiary/aromatic N) is 3. The van der Waals surface area contributed by atoms with E-state index in [4.69, 9.17) is 5.11 Å². The molecule has 0 bridgehead atoms. The van der Waals surface area contributed by atoms with E-state index < -0.39 is 6.10 Å². The molecule has 1 N–H and O–H groups in total. The number of carbonyl (C=O) groups excluding carboxylic acids is 1. The second-order valence-corrected chi connectivity index (χ2v) is 2.46. The molecule has 0 saturated heterocycles. The van der Waals surface area contributed by atoms with Gasteiger partial charge in [0.1, 0.15) is 0 Å². The molecule has 0 spiro atoms. The first-order valence-corrected chi connectivity index (χ1v) is 3.81. The van der Waals surface area contributed by atoms with Crippen molar-refractivity contribution in [2.75, 3.05) is 0 Å². The van der Waals surface area contributed by atoms with E-state index in [1.54, 1.807) is 0 Å². The Morgan fingerprint density at radius 1 is 1.83 bits per heavy atom. The van der Waals surface area contributed by atoms with Gasteiger partial charge >= 0.3 is 0 Å². The summed E-state index contributed by atoms with van der Waals surface area (Å²) in [6, 6.07) is 0. The van der Waals surface area contributed by atoms with Crippen molar-refractivity contribution in [3.63, 3.8) is 0 Å². The highest BCUT2D eigenvalue weighted by Crippen LogP contribution is 2.07. The molecule has 1 heterocycles. The summed E-state index contributed by atoms with van der Waals surface area (Å²) < 4.78 is 1.53. The fourth-order valence-corrected chi connectivity index (χ4v) is 0.950. The predicted molar refractivity (Wildman–Crippen MR) is 41.3 cm³/mol. The van der Waals surface area contributed by atoms with Crippen LogP contribution >= 0.6 is 0 Å². The van der Waals surface area contributed by atoms with Crippen LogP contribution in [-0.4, -0.2) is 26.4 Å². The molecule has 5 nitrogen and oxygen atoms in total. The van der Waals surface area contributed by atoms with Crippen molar-refractivity contribution in [1.82, 2.24) is 15.0 Å². The normalized spacial score (nSPS) is 12.8. The highest BCUT2D eigenvalue weighted by Gasteiger charge is 2.11. The molecule has 1 atom stereocenters. The Hall–Kier alpha value is -1.23. The molecule has 0 aromatic carbocycles. The van der Waals surface area contributed by atoms with Crippen molar-refractivity contribution < 1.29 is 9.90 Å². The van der Waals surface area contributed by atoms with E-state index >= 15 is 0 Å². The maximum atomic E-state index is 10.2. The largest absolute Gasteiger partial charge is 0.379 e. The number of rotatable bonds is 4. The van der Waals surface area contributed by atoms with Crippen LogP contribution in [0.2, 0.25) is 0 Å². The molecule has 0 amide bonds. The highest BCUT2D eigenvalue weighted by molar-refractivity contribution is 5.57. The molecule has 0 radical (unpaired) electrons. The monoisotopic (exact) mass is 169 g/mol. The summed E-state index contributed by atoms with van der Waals surface area (Å²) >= 11 is 0. The number of carbonyl (C=O) groups is 1. The van der Waals surface area contributed by atoms with Gasteiger partial charge in [0.25, 0.3) is 0 Å². The minimum atomic E-state index is -1.11. The van der Waals surface area contributed by atoms with Crippen LogP contribution in [0.3, 0.4) is 0 Å². The maximum Gasteiger partial charge on any atom is 0.154 e. The third-order valence-electron chi connectivity index (χ3n) is 1.51. The van der Waals surface area contributed by atoms with Gasteiger partial charge in [0.05, 0.1) is 11.9 Å². The van der Waals surface area contributed by atoms with E-state index in [2.05, 4.69) is 10.3 Å². The quantitative estimate of drug-likeness (QED) is 0.640. The van der Waals surface area contributed by atoms with Gasteiger partial charge in [-0.15, -0.1) is 5.10 Å². The fraction of sp³-hybridized carbons (Fsp3) is 0.571. The minimum Gasteiger partial charge on any atom is -0.379 e. The van der Waals surface area contributed by atoms with E-state index in [0.29, 0.717) is 18.5 Å². The van der Waals surface area contributed by atoms with Crippen molar-refractivity contribution in [2.45, 2.75) is 26.0 Å². The molecule has 12 heavy (non-hydrogen) atoms. The first kappa shape index (κ1) is 8.86. The van der Waals surface area contributed by atoms with Crippen LogP contribution in [0.15, 0.2) is 6.20 Å². The number of aliphatic hydroxyl groups excluding tert-OH is 1. The van der Waals surface area contributed by atoms with Gasteiger partial charge in [-0.1, -0.05) is 12.1 Å². The average Bonchev–Trinajstić information content (AvgIpc) is 2.52. The van der Waals surface area contributed by atoms with Crippen molar-refractivity contribution in [2.24, 2.45) is 0 Å². The summed E-state index contributed by atoms with van der Waals surface area (Å²) in [5, 5.41) is 16.5. The summed E-state index contributed by atoms with van der Waals surface area (Å²) in [5.41, 5.74) is 0.451. The van der Waals surface area contributed by atoms with Gasteiger partial charge in [-0.3, -0.25) is 0 Å². The first-order valence-electron chi connectivity index (χ1n) is 3.81. The summed E-state index contributed by atoms with van der Waals surface area (Å²) in [7, 11) is 0. The summed E-state index contributed by atoms with van der Waals surface area (Å²) in [5.74, 6) is 0. The van der Waals surface area contributed by atoms with Crippen LogP contribution in [0.5, 0.6) is 0 Å². The molecule has 0 aliphatic heterocycles. The Balaban J connectivity index is 2.82. The number of aliphatic hydroxyl groups is 1. The SMILES string of the molecule is CCCn1nncc1C(O)C=O. The molecular weight excluding hydrogens is 158 g/mol. The van der Waals surface area contributed by atoms with Crippen LogP contribution in [0.1, 0.15) is 25.1 Å². The summed E-state index contributed by atoms with van der Waals surface area (Å²) in [6.07, 6.45) is 1.65. The van der Waals surface area contributed by atoms with Crippen molar-refractivity contribution in [3.05, 3.63) is 11.9 Å². The molecular formula is C7H11N3O2. The molecule has 1 aromatic rings. The number of aromatic nitrogens is 3. The van der Waals surface area contributed by atoms with Gasteiger partial charge in [0.15, 0.2) is 12.4 Å². The van der Waals surface area contributed by atoms with Crippen LogP contribution in [0, 0.1) is 0 Å². The van der Waals surface area contributed by atoms with E-state index in [9.17, 15) is 4.79 Å². The van der Waals surface area contributed by atoms with E-state index in [-0.39, 0.29) is 0 Å². The van der Waals surface area contributed by atoms with Crippen molar-refractivity contribution in [3.8, 4) is 0 Å². The Morgan fingerprint density at radius 2 is 2.58 bits per heavy atom. The van der Waals surface area contributed by atoms with Gasteiger partial charge in [-0.05, 0) is 6.42 Å². The lowest BCUT2D eigenvalue weighted by molar-refractivity contribution is -0.115. The first-order chi connectivity index (χ1) is 5.79. The van der Waals surface area contributed by atoms with Crippen molar-refractivity contribution in [1.29, 1.82) is 0 Å². The minimum absolute atomic E-state index is 0.451. The summed E-state index contributed by atoms with van der Waals surface area (Å²) in [4.78, 5) is 10.2. The Morgan fingerprint density at radius 3 is 3.17 bits per heavy atom.